The van der Waals surface area contributed by atoms with Gasteiger partial charge in [0.25, 0.3) is 23.6 Å². The number of piperidine rings is 2. The molecule has 10 amide bonds. The van der Waals surface area contributed by atoms with E-state index in [0.29, 0.717) is 85.0 Å². The van der Waals surface area contributed by atoms with Gasteiger partial charge in [-0.15, -0.1) is 43.1 Å². The fourth-order valence-corrected chi connectivity index (χ4v) is 16.8. The second-order valence-electron chi connectivity index (χ2n) is 27.4. The summed E-state index contributed by atoms with van der Waals surface area (Å²) in [7, 11) is 0. The molecule has 4 aromatic carbocycles. The maximum atomic E-state index is 13.3. The second-order valence-corrected chi connectivity index (χ2v) is 30.7. The van der Waals surface area contributed by atoms with Crippen LogP contribution >= 0.6 is 45.9 Å². The SMILES string of the molecule is Cc1sc2c(c1C)C(c1ccc(Cl)cc1)=N[C@@H](CC(=O)NCCCCCC(=O)COc1cccc3c1C(=O)N([C@@H]1CCC(=O)NC1=O)C3=O)c1nnc(C)n1-2.Cc1sc2c(c1C)C(c1ccc(Cl)cc1)=N[C@@H](CC(=O)NCCCCCC(=O)COc1cccc3c1C(=O)N([C@H]1CCC(=O)NC1=O)C3=O)c1nnc(C)n1-2. The molecular weight excluding hydrogens is 1490 g/mol. The van der Waals surface area contributed by atoms with Crippen LogP contribution in [0, 0.1) is 41.5 Å². The van der Waals surface area contributed by atoms with E-state index in [1.165, 1.54) is 24.3 Å². The molecule has 568 valence electrons. The van der Waals surface area contributed by atoms with Gasteiger partial charge in [-0.3, -0.25) is 97.1 Å². The fraction of sp³-hybridized carbons (Fsp3) is 0.359. The van der Waals surface area contributed by atoms with Crippen LogP contribution in [0.15, 0.2) is 94.9 Å². The molecule has 4 N–H and O–H groups in total. The lowest BCUT2D eigenvalue weighted by Crippen LogP contribution is -2.54. The van der Waals surface area contributed by atoms with Crippen LogP contribution in [0.4, 0.5) is 0 Å². The van der Waals surface area contributed by atoms with Crippen LogP contribution in [0.2, 0.25) is 10.0 Å². The molecule has 0 bridgehead atoms. The van der Waals surface area contributed by atoms with Gasteiger partial charge in [0.15, 0.2) is 23.2 Å². The van der Waals surface area contributed by atoms with Crippen molar-refractivity contribution in [2.45, 2.75) is 156 Å². The Morgan fingerprint density at radius 3 is 1.26 bits per heavy atom. The molecule has 6 aliphatic heterocycles. The summed E-state index contributed by atoms with van der Waals surface area (Å²) in [5.41, 5.74) is 7.66. The first-order valence-corrected chi connectivity index (χ1v) is 38.5. The van der Waals surface area contributed by atoms with Crippen LogP contribution in [0.3, 0.4) is 0 Å². The Kier molecular flexibility index (Phi) is 23.1. The lowest BCUT2D eigenvalue weighted by atomic mass is 9.99. The number of hydrogen-bond acceptors (Lipinski definition) is 22. The highest BCUT2D eigenvalue weighted by Gasteiger charge is 2.48. The van der Waals surface area contributed by atoms with E-state index < -0.39 is 71.4 Å². The highest BCUT2D eigenvalue weighted by molar-refractivity contribution is 7.15. The van der Waals surface area contributed by atoms with Gasteiger partial charge in [-0.25, -0.2) is 0 Å². The standard InChI is InChI=1S/2C39H38ClN7O7S/c2*1-20-21(2)55-39-32(20)34(23-11-13-24(40)14-12-23)42-27(35-45-44-22(3)46(35)39)18-31(50)41-17-6-4-5-8-25(48)19-54-29-10-7-9-26-33(29)38(53)47(37(26)52)28-15-16-30(49)43-36(28)51/h2*7,9-14,27-28H,4-6,8,15-19H2,1-3H3,(H,41,50)(H,43,49,51)/t27-,28+;27-,28-/m00/s1. The minimum atomic E-state index is -1.10. The molecule has 28 nitrogen and oxygen atoms in total. The molecule has 0 saturated carbocycles. The maximum absolute atomic E-state index is 13.3. The summed E-state index contributed by atoms with van der Waals surface area (Å²) in [6, 6.07) is 20.7. The molecule has 4 atom stereocenters. The normalized spacial score (nSPS) is 17.6. The molecular formula is C78H76Cl2N14O14S2. The molecule has 2 fully saturated rings. The Balaban J connectivity index is 0.000000193. The quantitative estimate of drug-likeness (QED) is 0.0289. The molecule has 14 rings (SSSR count). The number of fused-ring (bicyclic) bond motifs is 8. The third-order valence-electron chi connectivity index (χ3n) is 20.0. The monoisotopic (exact) mass is 1570 g/mol. The number of nitrogens with zero attached hydrogens (tertiary/aromatic N) is 10. The number of ether oxygens (including phenoxy) is 2. The molecule has 0 aliphatic carbocycles. The number of imide groups is 4. The van der Waals surface area contributed by atoms with E-state index in [0.717, 1.165) is 74.4 Å². The van der Waals surface area contributed by atoms with Crippen LogP contribution in [-0.4, -0.2) is 160 Å². The summed E-state index contributed by atoms with van der Waals surface area (Å²) in [5, 5.41) is 31.1. The second kappa shape index (κ2) is 33.0. The Labute approximate surface area is 648 Å². The third-order valence-corrected chi connectivity index (χ3v) is 22.9. The Bertz CT molecular complexity index is 4880. The molecule has 32 heteroatoms. The zero-order valence-corrected chi connectivity index (χ0v) is 64.0. The van der Waals surface area contributed by atoms with E-state index in [1.54, 1.807) is 34.8 Å². The van der Waals surface area contributed by atoms with Crippen LogP contribution in [0.5, 0.6) is 11.5 Å². The van der Waals surface area contributed by atoms with Crippen molar-refractivity contribution in [3.63, 3.8) is 0 Å². The van der Waals surface area contributed by atoms with Gasteiger partial charge in [0.05, 0.1) is 46.5 Å². The van der Waals surface area contributed by atoms with E-state index in [2.05, 4.69) is 69.4 Å². The van der Waals surface area contributed by atoms with Gasteiger partial charge in [0, 0.05) is 80.8 Å². The van der Waals surface area contributed by atoms with Crippen LogP contribution in [0.1, 0.15) is 210 Å². The van der Waals surface area contributed by atoms with Crippen molar-refractivity contribution in [3.8, 4) is 21.5 Å². The zero-order chi connectivity index (χ0) is 77.9. The van der Waals surface area contributed by atoms with E-state index >= 15 is 0 Å². The number of aryl methyl sites for hydroxylation is 4. The number of amides is 10. The number of carbonyl (C=O) groups excluding carboxylic acids is 12. The Hall–Kier alpha value is -11.1. The number of hydrogen-bond donors (Lipinski definition) is 4. The third kappa shape index (κ3) is 15.9. The van der Waals surface area contributed by atoms with E-state index in [-0.39, 0.29) is 122 Å². The predicted octanol–water partition coefficient (Wildman–Crippen LogP) is 9.83. The average molecular weight is 1570 g/mol. The molecule has 0 spiro atoms. The van der Waals surface area contributed by atoms with Crippen molar-refractivity contribution in [2.75, 3.05) is 26.3 Å². The zero-order valence-electron chi connectivity index (χ0n) is 60.9. The Morgan fingerprint density at radius 1 is 0.491 bits per heavy atom. The first kappa shape index (κ1) is 77.1. The molecule has 110 heavy (non-hydrogen) atoms. The van der Waals surface area contributed by atoms with E-state index in [1.807, 2.05) is 71.5 Å². The van der Waals surface area contributed by atoms with Crippen molar-refractivity contribution in [2.24, 2.45) is 9.98 Å². The number of carbonyl (C=O) groups is 12. The molecule has 0 radical (unpaired) electrons. The summed E-state index contributed by atoms with van der Waals surface area (Å²) >= 11 is 15.7. The number of ketones is 2. The van der Waals surface area contributed by atoms with Crippen molar-refractivity contribution >= 4 is 128 Å². The van der Waals surface area contributed by atoms with Crippen molar-refractivity contribution < 1.29 is 67.0 Å². The fourth-order valence-electron chi connectivity index (χ4n) is 14.1. The number of thiophene rings is 2. The first-order chi connectivity index (χ1) is 52.8. The summed E-state index contributed by atoms with van der Waals surface area (Å²) in [5.74, 6) is -3.00. The maximum Gasteiger partial charge on any atom is 0.266 e. The molecule has 8 aromatic rings. The summed E-state index contributed by atoms with van der Waals surface area (Å²) < 4.78 is 15.4. The first-order valence-electron chi connectivity index (χ1n) is 36.1. The lowest BCUT2D eigenvalue weighted by Gasteiger charge is -2.27. The number of aromatic nitrogens is 6. The predicted molar refractivity (Wildman–Crippen MR) is 406 cm³/mol. The molecule has 4 aromatic heterocycles. The highest BCUT2D eigenvalue weighted by Crippen LogP contribution is 2.43. The van der Waals surface area contributed by atoms with Gasteiger partial charge in [-0.1, -0.05) is 72.4 Å². The van der Waals surface area contributed by atoms with Crippen LogP contribution < -0.4 is 30.7 Å². The number of nitrogens with one attached hydrogen (secondary N) is 4. The van der Waals surface area contributed by atoms with Gasteiger partial charge >= 0.3 is 0 Å². The van der Waals surface area contributed by atoms with Gasteiger partial charge in [0.1, 0.15) is 70.5 Å². The van der Waals surface area contributed by atoms with E-state index in [9.17, 15) is 57.5 Å². The molecule has 10 heterocycles. The number of aliphatic imine (C=N–C) groups is 2. The average Bonchev–Trinajstić information content (AvgIpc) is 1.60. The minimum absolute atomic E-state index is 0.00633. The lowest BCUT2D eigenvalue weighted by molar-refractivity contribution is -0.137. The summed E-state index contributed by atoms with van der Waals surface area (Å²) in [4.78, 5) is 167. The van der Waals surface area contributed by atoms with Crippen molar-refractivity contribution in [1.29, 1.82) is 0 Å². The number of benzene rings is 4. The van der Waals surface area contributed by atoms with Gasteiger partial charge in [-0.05, 0) is 140 Å². The number of Topliss-reactive ketones (excluding diaryl/α,β-unsaturated/α-hetero) is 2. The topological polar surface area (TPSA) is 364 Å². The highest BCUT2D eigenvalue weighted by atomic mass is 35.5. The Morgan fingerprint density at radius 2 is 0.882 bits per heavy atom. The number of rotatable bonds is 26. The molecule has 0 unspecified atom stereocenters. The summed E-state index contributed by atoms with van der Waals surface area (Å²) in [6.45, 7) is 12.3. The largest absolute Gasteiger partial charge is 0.485 e. The summed E-state index contributed by atoms with van der Waals surface area (Å²) in [6.07, 6.45) is 4.45. The van der Waals surface area contributed by atoms with E-state index in [4.69, 9.17) is 42.7 Å². The van der Waals surface area contributed by atoms with Gasteiger partial charge in [0.2, 0.25) is 35.4 Å². The van der Waals surface area contributed by atoms with Crippen molar-refractivity contribution in [1.82, 2.24) is 60.6 Å². The van der Waals surface area contributed by atoms with Gasteiger partial charge < -0.3 is 20.1 Å². The number of halogens is 2. The van der Waals surface area contributed by atoms with Crippen molar-refractivity contribution in [3.05, 3.63) is 184 Å². The van der Waals surface area contributed by atoms with Crippen LogP contribution in [-0.2, 0) is 38.4 Å². The molecule has 6 aliphatic rings. The van der Waals surface area contributed by atoms with Gasteiger partial charge in [-0.2, -0.15) is 0 Å². The number of unbranched alkanes of at least 4 members (excludes halogenated alkanes) is 4. The van der Waals surface area contributed by atoms with Crippen LogP contribution in [0.25, 0.3) is 10.0 Å². The smallest absolute Gasteiger partial charge is 0.266 e. The molecule has 2 saturated heterocycles. The minimum Gasteiger partial charge on any atom is -0.485 e.